The largest absolute Gasteiger partial charge is 0.392 e. The molecule has 0 radical (unpaired) electrons. The molecule has 3 N–H and O–H groups in total. The van der Waals surface area contributed by atoms with E-state index in [0.717, 1.165) is 6.07 Å². The van der Waals surface area contributed by atoms with E-state index >= 15 is 0 Å². The molecule has 0 aromatic heterocycles. The van der Waals surface area contributed by atoms with Gasteiger partial charge >= 0.3 is 0 Å². The maximum absolute atomic E-state index is 11.9. The average molecular weight is 302 g/mol. The molecule has 0 aliphatic heterocycles. The van der Waals surface area contributed by atoms with E-state index in [1.807, 2.05) is 6.92 Å². The molecule has 1 amide bonds. The molecule has 0 fully saturated rings. The molecule has 110 valence electrons. The number of amides is 1. The third-order valence-corrected chi connectivity index (χ3v) is 2.94. The number of hydrogen-bond donors (Lipinski definition) is 2. The van der Waals surface area contributed by atoms with Gasteiger partial charge in [-0.3, -0.25) is 14.9 Å². The van der Waals surface area contributed by atoms with E-state index in [-0.39, 0.29) is 27.9 Å². The summed E-state index contributed by atoms with van der Waals surface area (Å²) in [4.78, 5) is 22.1. The predicted octanol–water partition coefficient (Wildman–Crippen LogP) is 1.84. The van der Waals surface area contributed by atoms with E-state index in [1.54, 1.807) is 7.11 Å². The molecule has 0 bridgehead atoms. The first-order valence-electron chi connectivity index (χ1n) is 5.87. The highest BCUT2D eigenvalue weighted by molar-refractivity contribution is 6.34. The Labute approximate surface area is 121 Å². The van der Waals surface area contributed by atoms with Crippen molar-refractivity contribution in [2.24, 2.45) is 5.92 Å². The zero-order valence-electron chi connectivity index (χ0n) is 11.2. The Balaban J connectivity index is 2.86. The van der Waals surface area contributed by atoms with Crippen LogP contribution in [0.2, 0.25) is 5.02 Å². The van der Waals surface area contributed by atoms with Gasteiger partial charge in [-0.1, -0.05) is 18.5 Å². The fourth-order valence-electron chi connectivity index (χ4n) is 1.60. The molecule has 8 heteroatoms. The number of nitrogens with one attached hydrogen (secondary N) is 1. The zero-order chi connectivity index (χ0) is 15.3. The van der Waals surface area contributed by atoms with Crippen LogP contribution < -0.4 is 11.1 Å². The molecule has 0 aliphatic carbocycles. The van der Waals surface area contributed by atoms with Gasteiger partial charge in [0.2, 0.25) is 0 Å². The van der Waals surface area contributed by atoms with Crippen molar-refractivity contribution in [1.82, 2.24) is 5.32 Å². The molecule has 1 aromatic rings. The number of hydrogen-bond acceptors (Lipinski definition) is 5. The van der Waals surface area contributed by atoms with Crippen molar-refractivity contribution in [3.8, 4) is 0 Å². The summed E-state index contributed by atoms with van der Waals surface area (Å²) in [6, 6.07) is 2.41. The highest BCUT2D eigenvalue weighted by Gasteiger charge is 2.19. The number of nitrogens with two attached hydrogens (primary N) is 1. The van der Waals surface area contributed by atoms with Crippen molar-refractivity contribution in [2.75, 3.05) is 26.0 Å². The number of nitro groups is 1. The van der Waals surface area contributed by atoms with E-state index < -0.39 is 10.8 Å². The summed E-state index contributed by atoms with van der Waals surface area (Å²) in [5, 5.41) is 13.5. The first kappa shape index (κ1) is 16.2. The number of nitro benzene ring substituents is 1. The van der Waals surface area contributed by atoms with Gasteiger partial charge in [0.25, 0.3) is 11.6 Å². The van der Waals surface area contributed by atoms with Gasteiger partial charge < -0.3 is 15.8 Å². The number of anilines is 1. The van der Waals surface area contributed by atoms with Gasteiger partial charge in [0.15, 0.2) is 0 Å². The lowest BCUT2D eigenvalue weighted by Gasteiger charge is -2.12. The quantitative estimate of drug-likeness (QED) is 0.473. The lowest BCUT2D eigenvalue weighted by molar-refractivity contribution is -0.383. The number of rotatable bonds is 6. The standard InChI is InChI=1S/C12H16ClN3O4/c1-7(6-20-2)5-15-12(17)8-3-9(13)11(14)10(4-8)16(18)19/h3-4,7H,5-6,14H2,1-2H3,(H,15,17). The lowest BCUT2D eigenvalue weighted by atomic mass is 10.1. The van der Waals surface area contributed by atoms with Gasteiger partial charge in [-0.2, -0.15) is 0 Å². The highest BCUT2D eigenvalue weighted by atomic mass is 35.5. The first-order valence-corrected chi connectivity index (χ1v) is 6.25. The minimum absolute atomic E-state index is 0.0192. The van der Waals surface area contributed by atoms with Crippen LogP contribution >= 0.6 is 11.6 Å². The molecule has 0 saturated carbocycles. The Kier molecular flexibility index (Phi) is 5.72. The Morgan fingerprint density at radius 1 is 1.60 bits per heavy atom. The lowest BCUT2D eigenvalue weighted by Crippen LogP contribution is -2.30. The summed E-state index contributed by atoms with van der Waals surface area (Å²) < 4.78 is 4.95. The molecular formula is C12H16ClN3O4. The van der Waals surface area contributed by atoms with Gasteiger partial charge in [-0.25, -0.2) is 0 Å². The molecule has 1 aromatic carbocycles. The van der Waals surface area contributed by atoms with Crippen LogP contribution in [-0.2, 0) is 4.74 Å². The highest BCUT2D eigenvalue weighted by Crippen LogP contribution is 2.30. The van der Waals surface area contributed by atoms with Crippen molar-refractivity contribution in [2.45, 2.75) is 6.92 Å². The average Bonchev–Trinajstić information content (AvgIpc) is 2.38. The first-order chi connectivity index (χ1) is 9.36. The summed E-state index contributed by atoms with van der Waals surface area (Å²) in [5.41, 5.74) is 5.06. The summed E-state index contributed by atoms with van der Waals surface area (Å²) in [5.74, 6) is -0.318. The third kappa shape index (κ3) is 4.07. The molecule has 0 saturated heterocycles. The van der Waals surface area contributed by atoms with Crippen molar-refractivity contribution < 1.29 is 14.5 Å². The smallest absolute Gasteiger partial charge is 0.294 e. The Morgan fingerprint density at radius 2 is 2.25 bits per heavy atom. The molecule has 1 unspecified atom stereocenters. The van der Waals surface area contributed by atoms with Crippen LogP contribution in [0.5, 0.6) is 0 Å². The molecule has 0 heterocycles. The minimum Gasteiger partial charge on any atom is -0.392 e. The molecule has 0 aliphatic rings. The predicted molar refractivity (Wildman–Crippen MR) is 75.9 cm³/mol. The number of nitrogen functional groups attached to an aromatic ring is 1. The molecule has 0 spiro atoms. The number of carbonyl (C=O) groups is 1. The Bertz CT molecular complexity index is 522. The summed E-state index contributed by atoms with van der Waals surface area (Å²) in [6.45, 7) is 2.80. The maximum Gasteiger partial charge on any atom is 0.294 e. The van der Waals surface area contributed by atoms with Gasteiger partial charge in [0.1, 0.15) is 5.69 Å². The monoisotopic (exact) mass is 301 g/mol. The Hall–Kier alpha value is -1.86. The van der Waals surface area contributed by atoms with E-state index in [4.69, 9.17) is 22.1 Å². The second-order valence-corrected chi connectivity index (χ2v) is 4.83. The van der Waals surface area contributed by atoms with Crippen LogP contribution in [0, 0.1) is 16.0 Å². The van der Waals surface area contributed by atoms with E-state index in [9.17, 15) is 14.9 Å². The van der Waals surface area contributed by atoms with Gasteiger partial charge in [-0.15, -0.1) is 0 Å². The number of benzene rings is 1. The second-order valence-electron chi connectivity index (χ2n) is 4.42. The van der Waals surface area contributed by atoms with Gasteiger partial charge in [0.05, 0.1) is 16.6 Å². The maximum atomic E-state index is 11.9. The van der Waals surface area contributed by atoms with Gasteiger partial charge in [-0.05, 0) is 12.0 Å². The number of halogens is 1. The molecule has 1 atom stereocenters. The summed E-state index contributed by atoms with van der Waals surface area (Å²) >= 11 is 5.79. The second kappa shape index (κ2) is 7.06. The number of methoxy groups -OCH3 is 1. The van der Waals surface area contributed by atoms with E-state index in [2.05, 4.69) is 5.32 Å². The normalized spacial score (nSPS) is 11.9. The Morgan fingerprint density at radius 3 is 2.80 bits per heavy atom. The zero-order valence-corrected chi connectivity index (χ0v) is 11.9. The van der Waals surface area contributed by atoms with Crippen molar-refractivity contribution in [3.05, 3.63) is 32.8 Å². The minimum atomic E-state index is -0.675. The SMILES string of the molecule is COCC(C)CNC(=O)c1cc(Cl)c(N)c([N+](=O)[O-])c1. The van der Waals surface area contributed by atoms with Crippen LogP contribution in [0.25, 0.3) is 0 Å². The third-order valence-electron chi connectivity index (χ3n) is 2.63. The van der Waals surface area contributed by atoms with Crippen LogP contribution in [0.4, 0.5) is 11.4 Å². The van der Waals surface area contributed by atoms with Crippen molar-refractivity contribution in [3.63, 3.8) is 0 Å². The fraction of sp³-hybridized carbons (Fsp3) is 0.417. The van der Waals surface area contributed by atoms with Crippen molar-refractivity contribution in [1.29, 1.82) is 0 Å². The number of carbonyl (C=O) groups excluding carboxylic acids is 1. The van der Waals surface area contributed by atoms with Crippen molar-refractivity contribution >= 4 is 28.9 Å². The number of nitrogens with zero attached hydrogens (tertiary/aromatic N) is 1. The summed E-state index contributed by atoms with van der Waals surface area (Å²) in [6.07, 6.45) is 0. The van der Waals surface area contributed by atoms with E-state index in [0.29, 0.717) is 13.2 Å². The molecular weight excluding hydrogens is 286 g/mol. The summed E-state index contributed by atoms with van der Waals surface area (Å²) in [7, 11) is 1.57. The fourth-order valence-corrected chi connectivity index (χ4v) is 1.81. The van der Waals surface area contributed by atoms with Crippen LogP contribution in [0.15, 0.2) is 12.1 Å². The van der Waals surface area contributed by atoms with Gasteiger partial charge in [0, 0.05) is 25.3 Å². The van der Waals surface area contributed by atoms with Crippen LogP contribution in [0.1, 0.15) is 17.3 Å². The molecule has 7 nitrogen and oxygen atoms in total. The van der Waals surface area contributed by atoms with Crippen LogP contribution in [-0.4, -0.2) is 31.1 Å². The number of ether oxygens (including phenoxy) is 1. The topological polar surface area (TPSA) is 107 Å². The van der Waals surface area contributed by atoms with E-state index in [1.165, 1.54) is 6.07 Å². The molecule has 20 heavy (non-hydrogen) atoms. The van der Waals surface area contributed by atoms with Crippen LogP contribution in [0.3, 0.4) is 0 Å². The molecule has 1 rings (SSSR count).